The van der Waals surface area contributed by atoms with E-state index in [1.54, 1.807) is 7.11 Å². The molecule has 1 saturated heterocycles. The quantitative estimate of drug-likeness (QED) is 0.327. The van der Waals surface area contributed by atoms with Crippen molar-refractivity contribution in [2.24, 2.45) is 10.9 Å². The van der Waals surface area contributed by atoms with Gasteiger partial charge in [0.2, 0.25) is 0 Å². The second-order valence-corrected chi connectivity index (χ2v) is 7.14. The van der Waals surface area contributed by atoms with Crippen LogP contribution in [-0.2, 0) is 17.9 Å². The Morgan fingerprint density at radius 3 is 2.55 bits per heavy atom. The van der Waals surface area contributed by atoms with Gasteiger partial charge < -0.3 is 19.7 Å². The lowest BCUT2D eigenvalue weighted by Gasteiger charge is -2.21. The van der Waals surface area contributed by atoms with Crippen molar-refractivity contribution in [3.05, 3.63) is 65.7 Å². The molecule has 158 valence electrons. The molecule has 0 amide bonds. The number of benzene rings is 2. The van der Waals surface area contributed by atoms with Gasteiger partial charge in [-0.3, -0.25) is 0 Å². The van der Waals surface area contributed by atoms with Crippen molar-refractivity contribution in [3.63, 3.8) is 0 Å². The lowest BCUT2D eigenvalue weighted by molar-refractivity contribution is 0.157. The number of hydrogen-bond donors (Lipinski definition) is 1. The number of hydrogen-bond acceptors (Lipinski definition) is 3. The van der Waals surface area contributed by atoms with E-state index in [0.29, 0.717) is 19.1 Å². The molecule has 1 fully saturated rings. The van der Waals surface area contributed by atoms with Crippen LogP contribution >= 0.6 is 24.0 Å². The summed E-state index contributed by atoms with van der Waals surface area (Å²) < 4.78 is 11.2. The summed E-state index contributed by atoms with van der Waals surface area (Å²) in [6.07, 6.45) is 1.16. The minimum atomic E-state index is 0. The average Bonchev–Trinajstić information content (AvgIpc) is 3.20. The third kappa shape index (κ3) is 7.51. The Bertz CT molecular complexity index is 738. The van der Waals surface area contributed by atoms with E-state index in [1.165, 1.54) is 11.1 Å². The highest BCUT2D eigenvalue weighted by atomic mass is 127. The summed E-state index contributed by atoms with van der Waals surface area (Å²) in [4.78, 5) is 7.17. The van der Waals surface area contributed by atoms with E-state index in [4.69, 9.17) is 14.5 Å². The molecule has 0 aromatic heterocycles. The molecule has 1 heterocycles. The summed E-state index contributed by atoms with van der Waals surface area (Å²) in [6, 6.07) is 18.4. The highest BCUT2D eigenvalue weighted by Crippen LogP contribution is 2.18. The fraction of sp³-hybridized carbons (Fsp3) is 0.435. The maximum atomic E-state index is 5.86. The van der Waals surface area contributed by atoms with E-state index in [1.807, 2.05) is 30.3 Å². The molecule has 5 nitrogen and oxygen atoms in total. The molecular formula is C23H32IN3O2. The van der Waals surface area contributed by atoms with Crippen molar-refractivity contribution in [3.8, 4) is 5.75 Å². The van der Waals surface area contributed by atoms with Crippen LogP contribution in [0.25, 0.3) is 0 Å². The minimum absolute atomic E-state index is 0. The molecule has 1 aliphatic rings. The van der Waals surface area contributed by atoms with Crippen molar-refractivity contribution in [2.75, 3.05) is 33.4 Å². The third-order valence-electron chi connectivity index (χ3n) is 4.91. The lowest BCUT2D eigenvalue weighted by atomic mass is 10.1. The molecule has 1 atom stereocenters. The van der Waals surface area contributed by atoms with E-state index >= 15 is 0 Å². The number of aliphatic imine (C=N–C) groups is 1. The minimum Gasteiger partial charge on any atom is -0.489 e. The van der Waals surface area contributed by atoms with Gasteiger partial charge in [-0.1, -0.05) is 42.5 Å². The summed E-state index contributed by atoms with van der Waals surface area (Å²) in [7, 11) is 1.77. The van der Waals surface area contributed by atoms with Crippen LogP contribution in [0.3, 0.4) is 0 Å². The van der Waals surface area contributed by atoms with Crippen molar-refractivity contribution in [1.29, 1.82) is 0 Å². The van der Waals surface area contributed by atoms with Crippen LogP contribution in [0.5, 0.6) is 5.75 Å². The van der Waals surface area contributed by atoms with Gasteiger partial charge in [0, 0.05) is 32.7 Å². The van der Waals surface area contributed by atoms with E-state index in [0.717, 1.165) is 44.4 Å². The summed E-state index contributed by atoms with van der Waals surface area (Å²) in [5.41, 5.74) is 2.35. The topological polar surface area (TPSA) is 46.1 Å². The van der Waals surface area contributed by atoms with Crippen LogP contribution in [0, 0.1) is 5.92 Å². The first-order chi connectivity index (χ1) is 13.8. The zero-order valence-electron chi connectivity index (χ0n) is 17.3. The van der Waals surface area contributed by atoms with E-state index in [9.17, 15) is 0 Å². The Kier molecular flexibility index (Phi) is 10.3. The maximum absolute atomic E-state index is 5.86. The summed E-state index contributed by atoms with van der Waals surface area (Å²) in [6.45, 7) is 7.08. The molecular weight excluding hydrogens is 477 g/mol. The Hall–Kier alpha value is -1.80. The van der Waals surface area contributed by atoms with Gasteiger partial charge in [-0.2, -0.15) is 0 Å². The van der Waals surface area contributed by atoms with Gasteiger partial charge in [0.15, 0.2) is 5.96 Å². The maximum Gasteiger partial charge on any atom is 0.194 e. The highest BCUT2D eigenvalue weighted by molar-refractivity contribution is 14.0. The third-order valence-corrected chi connectivity index (χ3v) is 4.91. The summed E-state index contributed by atoms with van der Waals surface area (Å²) in [5, 5.41) is 3.42. The van der Waals surface area contributed by atoms with Crippen LogP contribution in [0.4, 0.5) is 0 Å². The van der Waals surface area contributed by atoms with Crippen molar-refractivity contribution in [1.82, 2.24) is 10.2 Å². The second-order valence-electron chi connectivity index (χ2n) is 7.14. The van der Waals surface area contributed by atoms with Crippen LogP contribution in [0.15, 0.2) is 59.6 Å². The Morgan fingerprint density at radius 2 is 1.86 bits per heavy atom. The normalized spacial score (nSPS) is 16.4. The molecule has 1 N–H and O–H groups in total. The van der Waals surface area contributed by atoms with E-state index in [-0.39, 0.29) is 24.0 Å². The molecule has 2 aromatic rings. The van der Waals surface area contributed by atoms with Crippen LogP contribution < -0.4 is 10.1 Å². The van der Waals surface area contributed by atoms with Crippen molar-refractivity contribution < 1.29 is 9.47 Å². The van der Waals surface area contributed by atoms with Gasteiger partial charge >= 0.3 is 0 Å². The monoisotopic (exact) mass is 509 g/mol. The Labute approximate surface area is 191 Å². The van der Waals surface area contributed by atoms with Crippen LogP contribution in [0.2, 0.25) is 0 Å². The number of rotatable bonds is 8. The van der Waals surface area contributed by atoms with Crippen molar-refractivity contribution in [2.45, 2.75) is 26.5 Å². The molecule has 2 aromatic carbocycles. The van der Waals surface area contributed by atoms with Gasteiger partial charge in [0.25, 0.3) is 0 Å². The molecule has 0 saturated carbocycles. The van der Waals surface area contributed by atoms with Gasteiger partial charge in [0.05, 0.1) is 13.2 Å². The predicted octanol–water partition coefficient (Wildman–Crippen LogP) is 4.32. The summed E-state index contributed by atoms with van der Waals surface area (Å²) >= 11 is 0. The predicted molar refractivity (Wildman–Crippen MR) is 129 cm³/mol. The second kappa shape index (κ2) is 12.7. The molecule has 0 radical (unpaired) electrons. The molecule has 1 aliphatic heterocycles. The number of ether oxygens (including phenoxy) is 2. The Balaban J connectivity index is 0.00000300. The van der Waals surface area contributed by atoms with E-state index in [2.05, 4.69) is 41.4 Å². The molecule has 29 heavy (non-hydrogen) atoms. The molecule has 6 heteroatoms. The first-order valence-electron chi connectivity index (χ1n) is 10.1. The molecule has 0 spiro atoms. The fourth-order valence-electron chi connectivity index (χ4n) is 3.42. The standard InChI is InChI=1S/C23H31N3O2.HI/c1-3-24-23(26-14-13-21(16-26)17-27-2)25-15-19-9-11-22(12-10-19)28-18-20-7-5-4-6-8-20;/h4-12,21H,3,13-18H2,1-2H3,(H,24,25);1H. The van der Waals surface area contributed by atoms with Crippen LogP contribution in [0.1, 0.15) is 24.5 Å². The molecule has 1 unspecified atom stereocenters. The van der Waals surface area contributed by atoms with E-state index < -0.39 is 0 Å². The first kappa shape index (κ1) is 23.5. The lowest BCUT2D eigenvalue weighted by Crippen LogP contribution is -2.40. The number of likely N-dealkylation sites (tertiary alicyclic amines) is 1. The smallest absolute Gasteiger partial charge is 0.194 e. The van der Waals surface area contributed by atoms with Gasteiger partial charge in [-0.25, -0.2) is 4.99 Å². The highest BCUT2D eigenvalue weighted by Gasteiger charge is 2.24. The SMILES string of the molecule is CCNC(=NCc1ccc(OCc2ccccc2)cc1)N1CCC(COC)C1.I. The zero-order chi connectivity index (χ0) is 19.6. The van der Waals surface area contributed by atoms with Gasteiger partial charge in [-0.05, 0) is 36.6 Å². The number of guanidine groups is 1. The average molecular weight is 509 g/mol. The zero-order valence-corrected chi connectivity index (χ0v) is 19.7. The first-order valence-corrected chi connectivity index (χ1v) is 10.1. The molecule has 0 aliphatic carbocycles. The number of halogens is 1. The molecule has 0 bridgehead atoms. The van der Waals surface area contributed by atoms with Gasteiger partial charge in [0.1, 0.15) is 12.4 Å². The molecule has 3 rings (SSSR count). The van der Waals surface area contributed by atoms with Crippen molar-refractivity contribution >= 4 is 29.9 Å². The number of nitrogens with one attached hydrogen (secondary N) is 1. The largest absolute Gasteiger partial charge is 0.489 e. The van der Waals surface area contributed by atoms with Crippen LogP contribution in [-0.4, -0.2) is 44.2 Å². The summed E-state index contributed by atoms with van der Waals surface area (Å²) in [5.74, 6) is 2.46. The number of nitrogens with zero attached hydrogens (tertiary/aromatic N) is 2. The number of methoxy groups -OCH3 is 1. The fourth-order valence-corrected chi connectivity index (χ4v) is 3.42. The van der Waals surface area contributed by atoms with Gasteiger partial charge in [-0.15, -0.1) is 24.0 Å². The Morgan fingerprint density at radius 1 is 1.10 bits per heavy atom.